The summed E-state index contributed by atoms with van der Waals surface area (Å²) in [6, 6.07) is 3.27. The van der Waals surface area contributed by atoms with Crippen LogP contribution in [0.2, 0.25) is 10.0 Å². The Morgan fingerprint density at radius 2 is 2.00 bits per heavy atom. The van der Waals surface area contributed by atoms with Gasteiger partial charge in [0.2, 0.25) is 0 Å². The smallest absolute Gasteiger partial charge is 0.0663 e. The standard InChI is InChI=1S/C10H8Cl3N/c11-4-2-1-3-7-5-8(12)6-9(13)10(7)14/h5-6H,2,4,14H2. The van der Waals surface area contributed by atoms with Crippen molar-refractivity contribution in [1.82, 2.24) is 0 Å². The molecule has 0 heterocycles. The molecule has 0 aromatic heterocycles. The number of alkyl halides is 1. The van der Waals surface area contributed by atoms with Crippen molar-refractivity contribution in [2.45, 2.75) is 6.42 Å². The summed E-state index contributed by atoms with van der Waals surface area (Å²) in [6.45, 7) is 0. The number of nitrogens with two attached hydrogens (primary N) is 1. The molecule has 0 amide bonds. The van der Waals surface area contributed by atoms with Crippen molar-refractivity contribution in [3.63, 3.8) is 0 Å². The lowest BCUT2D eigenvalue weighted by atomic mass is 10.2. The number of halogens is 3. The van der Waals surface area contributed by atoms with Gasteiger partial charge in [-0.25, -0.2) is 0 Å². The van der Waals surface area contributed by atoms with Gasteiger partial charge in [-0.2, -0.15) is 0 Å². The van der Waals surface area contributed by atoms with E-state index in [-0.39, 0.29) is 0 Å². The predicted molar refractivity (Wildman–Crippen MR) is 63.1 cm³/mol. The molecule has 1 nitrogen and oxygen atoms in total. The molecule has 0 aliphatic heterocycles. The van der Waals surface area contributed by atoms with E-state index in [1.54, 1.807) is 12.1 Å². The molecule has 0 saturated carbocycles. The van der Waals surface area contributed by atoms with E-state index in [4.69, 9.17) is 40.5 Å². The topological polar surface area (TPSA) is 26.0 Å². The van der Waals surface area contributed by atoms with Gasteiger partial charge in [0.25, 0.3) is 0 Å². The van der Waals surface area contributed by atoms with E-state index >= 15 is 0 Å². The van der Waals surface area contributed by atoms with Gasteiger partial charge in [0.1, 0.15) is 0 Å². The molecule has 1 aromatic rings. The second-order valence-corrected chi connectivity index (χ2v) is 3.81. The highest BCUT2D eigenvalue weighted by Crippen LogP contribution is 2.26. The van der Waals surface area contributed by atoms with Gasteiger partial charge in [0.05, 0.1) is 16.3 Å². The zero-order valence-corrected chi connectivity index (χ0v) is 9.55. The zero-order valence-electron chi connectivity index (χ0n) is 7.28. The third kappa shape index (κ3) is 2.99. The minimum Gasteiger partial charge on any atom is -0.397 e. The Balaban J connectivity index is 3.04. The molecule has 2 N–H and O–H groups in total. The first-order valence-corrected chi connectivity index (χ1v) is 5.23. The number of anilines is 1. The van der Waals surface area contributed by atoms with Crippen molar-refractivity contribution < 1.29 is 0 Å². The molecule has 0 spiro atoms. The second kappa shape index (κ2) is 5.36. The lowest BCUT2D eigenvalue weighted by Gasteiger charge is -2.01. The SMILES string of the molecule is Nc1c(Cl)cc(Cl)cc1C#CCCCl. The summed E-state index contributed by atoms with van der Waals surface area (Å²) in [4.78, 5) is 0. The maximum absolute atomic E-state index is 5.83. The summed E-state index contributed by atoms with van der Waals surface area (Å²) in [5.41, 5.74) is 6.81. The molecule has 0 radical (unpaired) electrons. The first-order valence-electron chi connectivity index (χ1n) is 3.94. The molecule has 1 rings (SSSR count). The van der Waals surface area contributed by atoms with Crippen molar-refractivity contribution in [2.24, 2.45) is 0 Å². The van der Waals surface area contributed by atoms with Crippen molar-refractivity contribution in [3.8, 4) is 11.8 Å². The third-order valence-electron chi connectivity index (χ3n) is 1.54. The molecule has 74 valence electrons. The number of hydrogen-bond acceptors (Lipinski definition) is 1. The van der Waals surface area contributed by atoms with E-state index in [9.17, 15) is 0 Å². The van der Waals surface area contributed by atoms with Crippen LogP contribution in [0.15, 0.2) is 12.1 Å². The summed E-state index contributed by atoms with van der Waals surface area (Å²) in [7, 11) is 0. The highest BCUT2D eigenvalue weighted by molar-refractivity contribution is 6.36. The van der Waals surface area contributed by atoms with Crippen LogP contribution in [0.4, 0.5) is 5.69 Å². The first kappa shape index (κ1) is 11.5. The Hall–Kier alpha value is -0.550. The van der Waals surface area contributed by atoms with Crippen LogP contribution in [0, 0.1) is 11.8 Å². The van der Waals surface area contributed by atoms with Crippen molar-refractivity contribution in [2.75, 3.05) is 11.6 Å². The minimum absolute atomic E-state index is 0.424. The third-order valence-corrected chi connectivity index (χ3v) is 2.26. The molecule has 0 fully saturated rings. The maximum Gasteiger partial charge on any atom is 0.0663 e. The summed E-state index contributed by atoms with van der Waals surface area (Å²) in [6.07, 6.45) is 0.616. The van der Waals surface area contributed by atoms with Crippen LogP contribution < -0.4 is 5.73 Å². The molecule has 14 heavy (non-hydrogen) atoms. The van der Waals surface area contributed by atoms with E-state index in [0.717, 1.165) is 0 Å². The van der Waals surface area contributed by atoms with Crippen LogP contribution in [-0.2, 0) is 0 Å². The van der Waals surface area contributed by atoms with Crippen molar-refractivity contribution >= 4 is 40.5 Å². The molecule has 0 bridgehead atoms. The summed E-state index contributed by atoms with van der Waals surface area (Å²) >= 11 is 17.1. The van der Waals surface area contributed by atoms with Crippen molar-refractivity contribution in [3.05, 3.63) is 27.7 Å². The average Bonchev–Trinajstić information content (AvgIpc) is 2.13. The van der Waals surface area contributed by atoms with Crippen LogP contribution in [0.5, 0.6) is 0 Å². The van der Waals surface area contributed by atoms with E-state index in [1.165, 1.54) is 0 Å². The van der Waals surface area contributed by atoms with E-state index in [1.807, 2.05) is 0 Å². The van der Waals surface area contributed by atoms with Crippen LogP contribution >= 0.6 is 34.8 Å². The predicted octanol–water partition coefficient (Wildman–Crippen LogP) is 3.56. The van der Waals surface area contributed by atoms with Gasteiger partial charge >= 0.3 is 0 Å². The quantitative estimate of drug-likeness (QED) is 0.459. The van der Waals surface area contributed by atoms with Gasteiger partial charge < -0.3 is 5.73 Å². The van der Waals surface area contributed by atoms with Crippen molar-refractivity contribution in [1.29, 1.82) is 0 Å². The van der Waals surface area contributed by atoms with E-state index in [0.29, 0.717) is 33.6 Å². The Labute approximate surface area is 98.1 Å². The summed E-state index contributed by atoms with van der Waals surface area (Å²) in [5, 5.41) is 0.951. The number of nitrogen functional groups attached to an aromatic ring is 1. The largest absolute Gasteiger partial charge is 0.397 e. The molecular formula is C10H8Cl3N. The molecule has 0 unspecified atom stereocenters. The summed E-state index contributed by atoms with van der Waals surface area (Å²) < 4.78 is 0. The van der Waals surface area contributed by atoms with Crippen LogP contribution in [0.1, 0.15) is 12.0 Å². The molecule has 0 saturated heterocycles. The Kier molecular flexibility index (Phi) is 4.41. The van der Waals surface area contributed by atoms with E-state index in [2.05, 4.69) is 11.8 Å². The number of hydrogen-bond donors (Lipinski definition) is 1. The molecule has 0 aliphatic rings. The monoisotopic (exact) mass is 247 g/mol. The molecule has 4 heteroatoms. The highest BCUT2D eigenvalue weighted by atomic mass is 35.5. The van der Waals surface area contributed by atoms with Gasteiger partial charge in [-0.3, -0.25) is 0 Å². The Bertz CT molecular complexity index is 390. The zero-order chi connectivity index (χ0) is 10.6. The molecular weight excluding hydrogens is 240 g/mol. The molecule has 0 aliphatic carbocycles. The van der Waals surface area contributed by atoms with Crippen LogP contribution in [-0.4, -0.2) is 5.88 Å². The molecule has 0 atom stereocenters. The average molecular weight is 249 g/mol. The van der Waals surface area contributed by atoms with Crippen LogP contribution in [0.25, 0.3) is 0 Å². The van der Waals surface area contributed by atoms with Gasteiger partial charge in [-0.05, 0) is 12.1 Å². The normalized spacial score (nSPS) is 9.36. The van der Waals surface area contributed by atoms with E-state index < -0.39 is 0 Å². The number of benzene rings is 1. The van der Waals surface area contributed by atoms with Gasteiger partial charge in [0, 0.05) is 17.3 Å². The second-order valence-electron chi connectivity index (χ2n) is 2.59. The van der Waals surface area contributed by atoms with Gasteiger partial charge in [0.15, 0.2) is 0 Å². The molecule has 1 aromatic carbocycles. The minimum atomic E-state index is 0.424. The van der Waals surface area contributed by atoms with Crippen LogP contribution in [0.3, 0.4) is 0 Å². The fourth-order valence-corrected chi connectivity index (χ4v) is 1.48. The van der Waals surface area contributed by atoms with Gasteiger partial charge in [-0.15, -0.1) is 11.6 Å². The fourth-order valence-electron chi connectivity index (χ4n) is 0.893. The fraction of sp³-hybridized carbons (Fsp3) is 0.200. The highest BCUT2D eigenvalue weighted by Gasteiger charge is 2.02. The Morgan fingerprint density at radius 1 is 1.29 bits per heavy atom. The van der Waals surface area contributed by atoms with Gasteiger partial charge in [-0.1, -0.05) is 35.0 Å². The summed E-state index contributed by atoms with van der Waals surface area (Å²) in [5.74, 6) is 6.24. The Morgan fingerprint density at radius 3 is 2.64 bits per heavy atom. The first-order chi connectivity index (χ1) is 6.65. The lowest BCUT2D eigenvalue weighted by Crippen LogP contribution is -1.91. The maximum atomic E-state index is 5.83. The lowest BCUT2D eigenvalue weighted by molar-refractivity contribution is 1.29. The number of rotatable bonds is 1.